The van der Waals surface area contributed by atoms with Crippen LogP contribution in [0.3, 0.4) is 0 Å². The van der Waals surface area contributed by atoms with Gasteiger partial charge in [0.25, 0.3) is 16.6 Å². The molecular formula is C15H12N5O3S+. The largest absolute Gasteiger partial charge is 0.327 e. The summed E-state index contributed by atoms with van der Waals surface area (Å²) in [6.07, 6.45) is 0. The first-order chi connectivity index (χ1) is 11.5. The van der Waals surface area contributed by atoms with E-state index in [4.69, 9.17) is 10.5 Å². The fourth-order valence-corrected chi connectivity index (χ4v) is 5.54. The lowest BCUT2D eigenvalue weighted by Crippen LogP contribution is -2.88. The van der Waals surface area contributed by atoms with Crippen LogP contribution in [0.25, 0.3) is 0 Å². The van der Waals surface area contributed by atoms with Gasteiger partial charge in [-0.05, 0) is 0 Å². The van der Waals surface area contributed by atoms with Crippen LogP contribution in [0.15, 0.2) is 24.3 Å². The molecule has 4 rings (SSSR count). The van der Waals surface area contributed by atoms with Crippen molar-refractivity contribution < 1.29 is 14.7 Å². The highest BCUT2D eigenvalue weighted by Gasteiger charge is 2.97. The van der Waals surface area contributed by atoms with Gasteiger partial charge in [-0.2, -0.15) is 10.5 Å². The van der Waals surface area contributed by atoms with Crippen LogP contribution in [0.2, 0.25) is 0 Å². The number of nitrogens with two attached hydrogens (primary N) is 1. The minimum absolute atomic E-state index is 0.118. The Morgan fingerprint density at radius 3 is 2.75 bits per heavy atom. The number of nitriles is 2. The van der Waals surface area contributed by atoms with Gasteiger partial charge in [0.05, 0.1) is 29.6 Å². The minimum atomic E-state index is -1.34. The van der Waals surface area contributed by atoms with Crippen LogP contribution in [0.4, 0.5) is 5.69 Å². The monoisotopic (exact) mass is 342 g/mol. The smallest absolute Gasteiger partial charge is 0.277 e. The number of ether oxygens (including phenoxy) is 1. The highest BCUT2D eigenvalue weighted by molar-refractivity contribution is 8.00. The number of thioether (sulfide) groups is 1. The van der Waals surface area contributed by atoms with Crippen LogP contribution in [0, 0.1) is 43.6 Å². The number of nitro groups is 1. The molecule has 3 aliphatic rings. The molecule has 24 heavy (non-hydrogen) atoms. The zero-order chi connectivity index (χ0) is 17.2. The summed E-state index contributed by atoms with van der Waals surface area (Å²) in [5.74, 6) is 0.0759. The highest BCUT2D eigenvalue weighted by atomic mass is 32.2. The summed E-state index contributed by atoms with van der Waals surface area (Å²) < 4.78 is 5.81. The van der Waals surface area contributed by atoms with Gasteiger partial charge in [0, 0.05) is 17.4 Å². The summed E-state index contributed by atoms with van der Waals surface area (Å²) in [6.45, 7) is 0.416. The fraction of sp³-hybridized carbons (Fsp3) is 0.400. The molecule has 0 unspecified atom stereocenters. The lowest BCUT2D eigenvalue weighted by Gasteiger charge is -2.23. The number of nitro benzene ring substituents is 1. The first-order valence-electron chi connectivity index (χ1n) is 7.25. The van der Waals surface area contributed by atoms with E-state index in [9.17, 15) is 20.6 Å². The van der Waals surface area contributed by atoms with E-state index in [1.165, 1.54) is 17.8 Å². The number of amidine groups is 1. The van der Waals surface area contributed by atoms with Crippen molar-refractivity contribution in [1.29, 1.82) is 10.5 Å². The number of rotatable bonds is 2. The first-order valence-corrected chi connectivity index (χ1v) is 8.24. The molecule has 2 fully saturated rings. The molecular weight excluding hydrogens is 330 g/mol. The van der Waals surface area contributed by atoms with Crippen molar-refractivity contribution in [3.8, 4) is 12.1 Å². The molecule has 0 bridgehead atoms. The number of fused-ring (bicyclic) bond motifs is 2. The fourth-order valence-electron chi connectivity index (χ4n) is 4.18. The quantitative estimate of drug-likeness (QED) is 0.549. The zero-order valence-electron chi connectivity index (χ0n) is 12.4. The third kappa shape index (κ3) is 1.32. The Morgan fingerprint density at radius 1 is 1.42 bits per heavy atom. The second kappa shape index (κ2) is 4.47. The van der Waals surface area contributed by atoms with Gasteiger partial charge in [0.15, 0.2) is 10.8 Å². The van der Waals surface area contributed by atoms with E-state index in [1.54, 1.807) is 18.2 Å². The normalized spacial score (nSPS) is 38.9. The average Bonchev–Trinajstić information content (AvgIpc) is 2.83. The van der Waals surface area contributed by atoms with E-state index in [1.807, 2.05) is 0 Å². The van der Waals surface area contributed by atoms with Crippen molar-refractivity contribution in [3.05, 3.63) is 39.9 Å². The Hall–Kier alpha value is -2.62. The molecule has 120 valence electrons. The summed E-state index contributed by atoms with van der Waals surface area (Å²) in [6, 6.07) is 10.6. The Bertz CT molecular complexity index is 882. The van der Waals surface area contributed by atoms with E-state index in [0.717, 1.165) is 0 Å². The van der Waals surface area contributed by atoms with Crippen LogP contribution in [0.5, 0.6) is 0 Å². The molecule has 1 saturated heterocycles. The van der Waals surface area contributed by atoms with Crippen LogP contribution >= 0.6 is 11.8 Å². The molecule has 1 aromatic rings. The molecule has 4 atom stereocenters. The van der Waals surface area contributed by atoms with Crippen molar-refractivity contribution in [3.63, 3.8) is 0 Å². The SMILES string of the molecule is N#C[C@@]12[C@@H](c3ccccc3[N+](=O)[O-])[C@]1(C#N)C(N)=[NH+][C@@]21OCCS1. The zero-order valence-corrected chi connectivity index (χ0v) is 13.2. The van der Waals surface area contributed by atoms with Crippen molar-refractivity contribution >= 4 is 23.3 Å². The Balaban J connectivity index is 1.97. The van der Waals surface area contributed by atoms with Gasteiger partial charge in [-0.15, -0.1) is 0 Å². The van der Waals surface area contributed by atoms with Gasteiger partial charge in [-0.25, -0.2) is 4.99 Å². The maximum Gasteiger partial charge on any atom is 0.277 e. The molecule has 1 aliphatic carbocycles. The lowest BCUT2D eigenvalue weighted by molar-refractivity contribution is -0.583. The van der Waals surface area contributed by atoms with E-state index in [-0.39, 0.29) is 11.5 Å². The first kappa shape index (κ1) is 14.9. The topological polar surface area (TPSA) is 140 Å². The van der Waals surface area contributed by atoms with Crippen molar-refractivity contribution in [2.45, 2.75) is 11.0 Å². The van der Waals surface area contributed by atoms with Crippen molar-refractivity contribution in [2.24, 2.45) is 16.6 Å². The Morgan fingerprint density at radius 2 is 2.17 bits per heavy atom. The van der Waals surface area contributed by atoms with Gasteiger partial charge in [-0.1, -0.05) is 30.0 Å². The molecule has 3 N–H and O–H groups in total. The summed E-state index contributed by atoms with van der Waals surface area (Å²) in [4.78, 5) is 13.9. The number of hydrogen-bond donors (Lipinski definition) is 2. The molecule has 1 saturated carbocycles. The second-order valence-electron chi connectivity index (χ2n) is 5.94. The highest BCUT2D eigenvalue weighted by Crippen LogP contribution is 2.81. The van der Waals surface area contributed by atoms with Crippen LogP contribution in [0.1, 0.15) is 11.5 Å². The molecule has 0 amide bonds. The molecule has 2 heterocycles. The number of hydrogen-bond acceptors (Lipinski definition) is 7. The molecule has 1 aromatic carbocycles. The number of benzene rings is 1. The summed E-state index contributed by atoms with van der Waals surface area (Å²) in [7, 11) is 0. The number of nitrogens with zero attached hydrogens (tertiary/aromatic N) is 3. The summed E-state index contributed by atoms with van der Waals surface area (Å²) >= 11 is 1.38. The van der Waals surface area contributed by atoms with Gasteiger partial charge in [0.1, 0.15) is 0 Å². The third-order valence-corrected chi connectivity index (χ3v) is 6.46. The van der Waals surface area contributed by atoms with Crippen LogP contribution in [-0.2, 0) is 4.74 Å². The van der Waals surface area contributed by atoms with E-state index < -0.39 is 26.7 Å². The second-order valence-corrected chi connectivity index (χ2v) is 7.21. The van der Waals surface area contributed by atoms with Gasteiger partial charge in [-0.3, -0.25) is 15.8 Å². The summed E-state index contributed by atoms with van der Waals surface area (Å²) in [5, 5.41) is 30.1. The van der Waals surface area contributed by atoms with E-state index in [0.29, 0.717) is 17.9 Å². The molecule has 0 radical (unpaired) electrons. The van der Waals surface area contributed by atoms with Gasteiger partial charge < -0.3 is 4.74 Å². The van der Waals surface area contributed by atoms with Crippen molar-refractivity contribution in [2.75, 3.05) is 12.4 Å². The average molecular weight is 342 g/mol. The van der Waals surface area contributed by atoms with Gasteiger partial charge >= 0.3 is 0 Å². The van der Waals surface area contributed by atoms with Crippen molar-refractivity contribution in [1.82, 2.24) is 0 Å². The third-order valence-electron chi connectivity index (χ3n) is 5.14. The van der Waals surface area contributed by atoms with Crippen LogP contribution < -0.4 is 10.7 Å². The van der Waals surface area contributed by atoms with E-state index in [2.05, 4.69) is 17.1 Å². The maximum absolute atomic E-state index is 11.4. The minimum Gasteiger partial charge on any atom is -0.327 e. The predicted octanol–water partition coefficient (Wildman–Crippen LogP) is -0.419. The molecule has 1 spiro atoms. The Labute approximate surface area is 141 Å². The summed E-state index contributed by atoms with van der Waals surface area (Å²) in [5.41, 5.74) is 3.68. The maximum atomic E-state index is 11.4. The number of para-hydroxylation sites is 1. The molecule has 2 aliphatic heterocycles. The number of nitrogens with one attached hydrogen (secondary N) is 1. The molecule has 0 aromatic heterocycles. The van der Waals surface area contributed by atoms with Gasteiger partial charge in [0.2, 0.25) is 0 Å². The predicted molar refractivity (Wildman–Crippen MR) is 83.2 cm³/mol. The Kier molecular flexibility index (Phi) is 2.78. The molecule has 8 nitrogen and oxygen atoms in total. The molecule has 9 heteroatoms. The van der Waals surface area contributed by atoms with Crippen LogP contribution in [-0.4, -0.2) is 28.2 Å². The van der Waals surface area contributed by atoms with E-state index >= 15 is 0 Å². The lowest BCUT2D eigenvalue weighted by atomic mass is 9.95. The standard InChI is InChI=1S/C15H11N5O3S/c16-7-13-11(9-3-1-2-4-10(9)20(21)22)14(13,8-17)15(19-12(13)18)23-5-6-24-15/h1-4,11H,5-6H2,(H2,18,19)/p+1/t11-,13+,14+,15+/m0/s1.